The van der Waals surface area contributed by atoms with Crippen molar-refractivity contribution in [3.05, 3.63) is 0 Å². The van der Waals surface area contributed by atoms with Gasteiger partial charge in [-0.05, 0) is 32.9 Å². The number of amides is 1. The van der Waals surface area contributed by atoms with Gasteiger partial charge in [0, 0.05) is 19.2 Å². The number of hydrogen-bond donors (Lipinski definition) is 1. The zero-order chi connectivity index (χ0) is 11.3. The third-order valence-electron chi connectivity index (χ3n) is 2.89. The second-order valence-electron chi connectivity index (χ2n) is 4.34. The first-order valence-corrected chi connectivity index (χ1v) is 5.69. The van der Waals surface area contributed by atoms with Crippen molar-refractivity contribution in [2.75, 3.05) is 33.4 Å². The Hall–Kier alpha value is -0.610. The van der Waals surface area contributed by atoms with E-state index in [9.17, 15) is 4.79 Å². The summed E-state index contributed by atoms with van der Waals surface area (Å²) >= 11 is 0. The lowest BCUT2D eigenvalue weighted by Gasteiger charge is -2.35. The van der Waals surface area contributed by atoms with Gasteiger partial charge in [0.25, 0.3) is 0 Å². The lowest BCUT2D eigenvalue weighted by atomic mass is 9.94. The molecule has 1 N–H and O–H groups in total. The van der Waals surface area contributed by atoms with Crippen molar-refractivity contribution in [2.45, 2.75) is 26.3 Å². The van der Waals surface area contributed by atoms with E-state index in [0.29, 0.717) is 18.6 Å². The highest BCUT2D eigenvalue weighted by atomic mass is 16.5. The summed E-state index contributed by atoms with van der Waals surface area (Å²) in [6.45, 7) is 6.97. The molecule has 2 atom stereocenters. The van der Waals surface area contributed by atoms with E-state index in [2.05, 4.69) is 24.2 Å². The fourth-order valence-corrected chi connectivity index (χ4v) is 2.01. The van der Waals surface area contributed by atoms with Gasteiger partial charge in [-0.15, -0.1) is 0 Å². The fraction of sp³-hybridized carbons (Fsp3) is 0.909. The SMILES string of the molecule is CCOCC(=O)NC1CCN(C)CC1C. The average molecular weight is 214 g/mol. The predicted molar refractivity (Wildman–Crippen MR) is 59.7 cm³/mol. The number of likely N-dealkylation sites (tertiary alicyclic amines) is 1. The van der Waals surface area contributed by atoms with E-state index < -0.39 is 0 Å². The standard InChI is InChI=1S/C11H22N2O2/c1-4-15-8-11(14)12-10-5-6-13(3)7-9(10)2/h9-10H,4-8H2,1-3H3,(H,12,14). The second-order valence-corrected chi connectivity index (χ2v) is 4.34. The summed E-state index contributed by atoms with van der Waals surface area (Å²) in [5.41, 5.74) is 0. The van der Waals surface area contributed by atoms with E-state index in [1.54, 1.807) is 0 Å². The van der Waals surface area contributed by atoms with Crippen LogP contribution in [-0.2, 0) is 9.53 Å². The van der Waals surface area contributed by atoms with Gasteiger partial charge < -0.3 is 15.0 Å². The van der Waals surface area contributed by atoms with Crippen LogP contribution in [-0.4, -0.2) is 50.2 Å². The molecular formula is C11H22N2O2. The van der Waals surface area contributed by atoms with Crippen LogP contribution in [0.5, 0.6) is 0 Å². The molecule has 0 aromatic heterocycles. The summed E-state index contributed by atoms with van der Waals surface area (Å²) < 4.78 is 5.07. The van der Waals surface area contributed by atoms with Gasteiger partial charge in [0.1, 0.15) is 6.61 Å². The molecule has 0 bridgehead atoms. The number of carbonyl (C=O) groups excluding carboxylic acids is 1. The van der Waals surface area contributed by atoms with Crippen LogP contribution < -0.4 is 5.32 Å². The lowest BCUT2D eigenvalue weighted by molar-refractivity contribution is -0.127. The molecule has 0 spiro atoms. The van der Waals surface area contributed by atoms with Gasteiger partial charge in [0.2, 0.25) is 5.91 Å². The Balaban J connectivity index is 2.28. The van der Waals surface area contributed by atoms with Crippen molar-refractivity contribution in [1.29, 1.82) is 0 Å². The summed E-state index contributed by atoms with van der Waals surface area (Å²) in [6.07, 6.45) is 1.04. The highest BCUT2D eigenvalue weighted by Crippen LogP contribution is 2.14. The molecule has 88 valence electrons. The largest absolute Gasteiger partial charge is 0.372 e. The normalized spacial score (nSPS) is 27.7. The maximum absolute atomic E-state index is 11.4. The third-order valence-corrected chi connectivity index (χ3v) is 2.89. The zero-order valence-corrected chi connectivity index (χ0v) is 9.95. The fourth-order valence-electron chi connectivity index (χ4n) is 2.01. The van der Waals surface area contributed by atoms with Crippen LogP contribution in [0.3, 0.4) is 0 Å². The Kier molecular flexibility index (Phi) is 5.05. The molecule has 2 unspecified atom stereocenters. The number of hydrogen-bond acceptors (Lipinski definition) is 3. The minimum absolute atomic E-state index is 0.0123. The lowest BCUT2D eigenvalue weighted by Crippen LogP contribution is -2.49. The first-order chi connectivity index (χ1) is 7.13. The second kappa shape index (κ2) is 6.08. The van der Waals surface area contributed by atoms with Crippen molar-refractivity contribution >= 4 is 5.91 Å². The number of nitrogens with zero attached hydrogens (tertiary/aromatic N) is 1. The Morgan fingerprint density at radius 3 is 2.93 bits per heavy atom. The van der Waals surface area contributed by atoms with Crippen LogP contribution >= 0.6 is 0 Å². The molecule has 0 saturated carbocycles. The summed E-state index contributed by atoms with van der Waals surface area (Å²) in [4.78, 5) is 13.7. The smallest absolute Gasteiger partial charge is 0.246 e. The molecule has 4 nitrogen and oxygen atoms in total. The van der Waals surface area contributed by atoms with Crippen molar-refractivity contribution in [2.24, 2.45) is 5.92 Å². The third kappa shape index (κ3) is 4.18. The molecule has 1 rings (SSSR count). The molecule has 1 aliphatic heterocycles. The van der Waals surface area contributed by atoms with E-state index in [1.165, 1.54) is 0 Å². The average Bonchev–Trinajstić information content (AvgIpc) is 2.19. The molecular weight excluding hydrogens is 192 g/mol. The van der Waals surface area contributed by atoms with Crippen LogP contribution in [0.15, 0.2) is 0 Å². The van der Waals surface area contributed by atoms with E-state index >= 15 is 0 Å². The summed E-state index contributed by atoms with van der Waals surface area (Å²) in [5, 5.41) is 3.03. The number of carbonyl (C=O) groups is 1. The van der Waals surface area contributed by atoms with Gasteiger partial charge in [-0.1, -0.05) is 6.92 Å². The molecule has 0 aromatic carbocycles. The van der Waals surface area contributed by atoms with E-state index in [4.69, 9.17) is 4.74 Å². The van der Waals surface area contributed by atoms with E-state index in [0.717, 1.165) is 19.5 Å². The van der Waals surface area contributed by atoms with Crippen molar-refractivity contribution in [1.82, 2.24) is 10.2 Å². The van der Waals surface area contributed by atoms with Crippen molar-refractivity contribution in [3.63, 3.8) is 0 Å². The monoisotopic (exact) mass is 214 g/mol. The number of ether oxygens (including phenoxy) is 1. The Labute approximate surface area is 92.0 Å². The summed E-state index contributed by atoms with van der Waals surface area (Å²) in [6, 6.07) is 0.314. The molecule has 1 fully saturated rings. The molecule has 15 heavy (non-hydrogen) atoms. The molecule has 1 aliphatic rings. The van der Waals surface area contributed by atoms with Crippen molar-refractivity contribution in [3.8, 4) is 0 Å². The van der Waals surface area contributed by atoms with Gasteiger partial charge in [-0.2, -0.15) is 0 Å². The topological polar surface area (TPSA) is 41.6 Å². The molecule has 0 radical (unpaired) electrons. The Morgan fingerprint density at radius 1 is 1.60 bits per heavy atom. The van der Waals surface area contributed by atoms with Gasteiger partial charge in [-0.3, -0.25) is 4.79 Å². The molecule has 0 aliphatic carbocycles. The maximum atomic E-state index is 11.4. The van der Waals surface area contributed by atoms with Crippen LogP contribution in [0.4, 0.5) is 0 Å². The first kappa shape index (κ1) is 12.5. The highest BCUT2D eigenvalue weighted by Gasteiger charge is 2.25. The van der Waals surface area contributed by atoms with E-state index in [1.807, 2.05) is 6.92 Å². The van der Waals surface area contributed by atoms with Crippen LogP contribution in [0.1, 0.15) is 20.3 Å². The quantitative estimate of drug-likeness (QED) is 0.740. The molecule has 1 heterocycles. The van der Waals surface area contributed by atoms with Crippen LogP contribution in [0, 0.1) is 5.92 Å². The highest BCUT2D eigenvalue weighted by molar-refractivity contribution is 5.77. The predicted octanol–water partition coefficient (Wildman–Crippen LogP) is 0.479. The van der Waals surface area contributed by atoms with E-state index in [-0.39, 0.29) is 12.5 Å². The Bertz CT molecular complexity index is 209. The van der Waals surface area contributed by atoms with Gasteiger partial charge in [0.15, 0.2) is 0 Å². The minimum atomic E-state index is 0.0123. The van der Waals surface area contributed by atoms with Crippen LogP contribution in [0.2, 0.25) is 0 Å². The minimum Gasteiger partial charge on any atom is -0.372 e. The summed E-state index contributed by atoms with van der Waals surface area (Å²) in [7, 11) is 2.12. The first-order valence-electron chi connectivity index (χ1n) is 5.69. The molecule has 1 amide bonds. The van der Waals surface area contributed by atoms with Gasteiger partial charge in [-0.25, -0.2) is 0 Å². The Morgan fingerprint density at radius 2 is 2.33 bits per heavy atom. The van der Waals surface area contributed by atoms with Crippen LogP contribution in [0.25, 0.3) is 0 Å². The van der Waals surface area contributed by atoms with Gasteiger partial charge >= 0.3 is 0 Å². The molecule has 1 saturated heterocycles. The number of rotatable bonds is 4. The molecule has 4 heteroatoms. The van der Waals surface area contributed by atoms with Crippen molar-refractivity contribution < 1.29 is 9.53 Å². The molecule has 0 aromatic rings. The summed E-state index contributed by atoms with van der Waals surface area (Å²) in [5.74, 6) is 0.535. The maximum Gasteiger partial charge on any atom is 0.246 e. The zero-order valence-electron chi connectivity index (χ0n) is 9.95. The van der Waals surface area contributed by atoms with Gasteiger partial charge in [0.05, 0.1) is 0 Å². The number of piperidine rings is 1. The number of nitrogens with one attached hydrogen (secondary N) is 1.